The topological polar surface area (TPSA) is 74.0 Å². The van der Waals surface area contributed by atoms with Crippen LogP contribution in [0.1, 0.15) is 39.3 Å². The Kier molecular flexibility index (Phi) is 5.29. The van der Waals surface area contributed by atoms with E-state index in [0.29, 0.717) is 17.8 Å². The van der Waals surface area contributed by atoms with Crippen LogP contribution >= 0.6 is 0 Å². The summed E-state index contributed by atoms with van der Waals surface area (Å²) in [6, 6.07) is 19.6. The molecule has 0 atom stereocenters. The quantitative estimate of drug-likeness (QED) is 0.440. The van der Waals surface area contributed by atoms with Crippen LogP contribution in [0.25, 0.3) is 11.6 Å². The van der Waals surface area contributed by atoms with Gasteiger partial charge in [-0.2, -0.15) is 0 Å². The normalized spacial score (nSPS) is 14.0. The summed E-state index contributed by atoms with van der Waals surface area (Å²) in [5.74, 6) is -0.269. The third-order valence-electron chi connectivity index (χ3n) is 5.07. The molecule has 5 nitrogen and oxygen atoms in total. The van der Waals surface area contributed by atoms with Crippen molar-refractivity contribution in [3.05, 3.63) is 88.7 Å². The van der Waals surface area contributed by atoms with Crippen molar-refractivity contribution >= 4 is 29.2 Å². The number of fused-ring (bicyclic) bond motifs is 1. The number of carbonyl (C=O) groups excluding carboxylic acids is 2. The lowest BCUT2D eigenvalue weighted by molar-refractivity contribution is -0.110. The Morgan fingerprint density at radius 2 is 1.83 bits per heavy atom. The number of aryl methyl sites for hydroxylation is 2. The van der Waals surface area contributed by atoms with Crippen LogP contribution < -0.4 is 10.6 Å². The molecule has 0 spiro atoms. The van der Waals surface area contributed by atoms with Crippen molar-refractivity contribution < 1.29 is 9.59 Å². The van der Waals surface area contributed by atoms with Gasteiger partial charge in [0.1, 0.15) is 5.69 Å². The zero-order valence-corrected chi connectivity index (χ0v) is 16.3. The molecule has 0 bridgehead atoms. The Balaban J connectivity index is 1.41. The maximum Gasteiger partial charge on any atom is 0.267 e. The first-order valence-electron chi connectivity index (χ1n) is 9.76. The molecule has 2 amide bonds. The number of hydrogen-bond acceptors (Lipinski definition) is 2. The fourth-order valence-electron chi connectivity index (χ4n) is 3.51. The van der Waals surface area contributed by atoms with Gasteiger partial charge in [-0.15, -0.1) is 0 Å². The number of hydrogen-bond donors (Lipinski definition) is 3. The highest BCUT2D eigenvalue weighted by molar-refractivity contribution is 6.34. The minimum Gasteiger partial charge on any atom is -0.351 e. The lowest BCUT2D eigenvalue weighted by atomic mass is 10.1. The highest BCUT2D eigenvalue weighted by atomic mass is 16.2. The molecule has 3 N–H and O–H groups in total. The molecule has 0 radical (unpaired) electrons. The highest BCUT2D eigenvalue weighted by Crippen LogP contribution is 2.33. The molecular weight excluding hydrogens is 362 g/mol. The number of amides is 2. The van der Waals surface area contributed by atoms with Crippen molar-refractivity contribution in [2.24, 2.45) is 0 Å². The summed E-state index contributed by atoms with van der Waals surface area (Å²) in [5, 5.41) is 5.82. The molecule has 0 fully saturated rings. The molecule has 29 heavy (non-hydrogen) atoms. The van der Waals surface area contributed by atoms with Crippen molar-refractivity contribution in [1.82, 2.24) is 10.3 Å². The van der Waals surface area contributed by atoms with Crippen LogP contribution in [0.5, 0.6) is 0 Å². The maximum absolute atomic E-state index is 12.5. The lowest BCUT2D eigenvalue weighted by Crippen LogP contribution is -2.25. The van der Waals surface area contributed by atoms with Gasteiger partial charge in [-0.3, -0.25) is 9.59 Å². The summed E-state index contributed by atoms with van der Waals surface area (Å²) in [6.45, 7) is 2.53. The number of nitrogens with one attached hydrogen (secondary N) is 3. The Morgan fingerprint density at radius 1 is 1.07 bits per heavy atom. The number of anilines is 1. The molecule has 3 aromatic rings. The number of benzene rings is 2. The third-order valence-corrected chi connectivity index (χ3v) is 5.07. The second-order valence-electron chi connectivity index (χ2n) is 7.18. The van der Waals surface area contributed by atoms with E-state index in [9.17, 15) is 9.59 Å². The summed E-state index contributed by atoms with van der Waals surface area (Å²) in [7, 11) is 0. The molecule has 0 saturated heterocycles. The van der Waals surface area contributed by atoms with Crippen LogP contribution in [-0.4, -0.2) is 23.3 Å². The maximum atomic E-state index is 12.5. The van der Waals surface area contributed by atoms with Crippen LogP contribution in [0.3, 0.4) is 0 Å². The van der Waals surface area contributed by atoms with Gasteiger partial charge in [-0.05, 0) is 49.1 Å². The van der Waals surface area contributed by atoms with Crippen molar-refractivity contribution in [3.63, 3.8) is 0 Å². The molecule has 146 valence electrons. The summed E-state index contributed by atoms with van der Waals surface area (Å²) < 4.78 is 0. The SMILES string of the molecule is Cc1cc(C(=O)NCCCc2ccccc2)[nH]c1/C=C1\C(=O)Nc2ccccc21. The standard InChI is InChI=1S/C24H23N3O2/c1-16-14-22(24(29)25-13-7-10-17-8-3-2-4-9-17)26-21(16)15-19-18-11-5-6-12-20(18)27-23(19)28/h2-6,8-9,11-12,14-15,26H,7,10,13H2,1H3,(H,25,29)(H,27,28)/b19-15-. The van der Waals surface area contributed by atoms with Gasteiger partial charge in [0.05, 0.1) is 5.57 Å². The van der Waals surface area contributed by atoms with Gasteiger partial charge in [0.2, 0.25) is 0 Å². The largest absolute Gasteiger partial charge is 0.351 e. The average molecular weight is 385 g/mol. The monoisotopic (exact) mass is 385 g/mol. The van der Waals surface area contributed by atoms with E-state index in [0.717, 1.165) is 35.3 Å². The smallest absolute Gasteiger partial charge is 0.267 e. The van der Waals surface area contributed by atoms with E-state index in [-0.39, 0.29) is 11.8 Å². The van der Waals surface area contributed by atoms with Gasteiger partial charge in [0.15, 0.2) is 0 Å². The molecule has 1 aliphatic rings. The molecule has 5 heteroatoms. The first-order valence-corrected chi connectivity index (χ1v) is 9.76. The Labute approximate surface area is 169 Å². The van der Waals surface area contributed by atoms with Crippen LogP contribution in [0.4, 0.5) is 5.69 Å². The Bertz CT molecular complexity index is 1080. The van der Waals surface area contributed by atoms with E-state index in [1.165, 1.54) is 5.56 Å². The molecule has 2 aromatic carbocycles. The summed E-state index contributed by atoms with van der Waals surface area (Å²) in [5.41, 5.74) is 5.73. The van der Waals surface area contributed by atoms with Crippen molar-refractivity contribution in [2.45, 2.75) is 19.8 Å². The van der Waals surface area contributed by atoms with Crippen LogP contribution in [0.2, 0.25) is 0 Å². The van der Waals surface area contributed by atoms with Crippen molar-refractivity contribution in [3.8, 4) is 0 Å². The number of para-hydroxylation sites is 1. The van der Waals surface area contributed by atoms with Crippen molar-refractivity contribution in [1.29, 1.82) is 0 Å². The van der Waals surface area contributed by atoms with E-state index in [4.69, 9.17) is 0 Å². The zero-order valence-electron chi connectivity index (χ0n) is 16.3. The minimum atomic E-state index is -0.137. The fraction of sp³-hybridized carbons (Fsp3) is 0.167. The second-order valence-corrected chi connectivity index (χ2v) is 7.18. The van der Waals surface area contributed by atoms with Crippen molar-refractivity contribution in [2.75, 3.05) is 11.9 Å². The highest BCUT2D eigenvalue weighted by Gasteiger charge is 2.24. The first kappa shape index (κ1) is 18.7. The molecule has 2 heterocycles. The summed E-state index contributed by atoms with van der Waals surface area (Å²) in [6.07, 6.45) is 3.61. The van der Waals surface area contributed by atoms with Gasteiger partial charge in [-0.1, -0.05) is 48.5 Å². The Hall–Kier alpha value is -3.60. The number of rotatable bonds is 6. The Morgan fingerprint density at radius 3 is 2.66 bits per heavy atom. The van der Waals surface area contributed by atoms with Gasteiger partial charge in [0, 0.05) is 23.5 Å². The van der Waals surface area contributed by atoms with E-state index in [1.54, 1.807) is 0 Å². The summed E-state index contributed by atoms with van der Waals surface area (Å²) in [4.78, 5) is 27.9. The fourth-order valence-corrected chi connectivity index (χ4v) is 3.51. The van der Waals surface area contributed by atoms with Crippen LogP contribution in [0, 0.1) is 6.92 Å². The first-order chi connectivity index (χ1) is 14.1. The van der Waals surface area contributed by atoms with Crippen LogP contribution in [0.15, 0.2) is 60.7 Å². The molecule has 4 rings (SSSR count). The molecule has 0 aliphatic carbocycles. The van der Waals surface area contributed by atoms with Gasteiger partial charge >= 0.3 is 0 Å². The number of aromatic nitrogens is 1. The van der Waals surface area contributed by atoms with E-state index < -0.39 is 0 Å². The van der Waals surface area contributed by atoms with E-state index in [1.807, 2.05) is 61.5 Å². The number of carbonyl (C=O) groups is 2. The van der Waals surface area contributed by atoms with E-state index in [2.05, 4.69) is 27.8 Å². The molecule has 1 aliphatic heterocycles. The average Bonchev–Trinajstić information content (AvgIpc) is 3.26. The van der Waals surface area contributed by atoms with E-state index >= 15 is 0 Å². The summed E-state index contributed by atoms with van der Waals surface area (Å²) >= 11 is 0. The molecular formula is C24H23N3O2. The second kappa shape index (κ2) is 8.19. The number of aromatic amines is 1. The van der Waals surface area contributed by atoms with Gasteiger partial charge < -0.3 is 15.6 Å². The van der Waals surface area contributed by atoms with Gasteiger partial charge in [-0.25, -0.2) is 0 Å². The zero-order chi connectivity index (χ0) is 20.2. The molecule has 0 unspecified atom stereocenters. The third kappa shape index (κ3) is 4.14. The molecule has 1 aromatic heterocycles. The number of H-pyrrole nitrogens is 1. The lowest BCUT2D eigenvalue weighted by Gasteiger charge is -2.04. The minimum absolute atomic E-state index is 0.132. The van der Waals surface area contributed by atoms with Crippen LogP contribution in [-0.2, 0) is 11.2 Å². The predicted molar refractivity (Wildman–Crippen MR) is 116 cm³/mol. The molecule has 0 saturated carbocycles. The predicted octanol–water partition coefficient (Wildman–Crippen LogP) is 4.18. The van der Waals surface area contributed by atoms with Gasteiger partial charge in [0.25, 0.3) is 11.8 Å².